The monoisotopic (exact) mass is 398 g/mol. The average molecular weight is 399 g/mol. The van der Waals surface area contributed by atoms with Gasteiger partial charge in [-0.05, 0) is 30.3 Å². The molecule has 0 aromatic heterocycles. The maximum atomic E-state index is 13.0. The SMILES string of the molecule is C[NH+]1CCC2(CC1)C[C@H](NS(=O)(=O)c1ccc(C#N)cc1)c1ccccc1O2. The second kappa shape index (κ2) is 7.21. The molecule has 0 unspecified atom stereocenters. The molecule has 146 valence electrons. The molecule has 2 heterocycles. The van der Waals surface area contributed by atoms with E-state index in [1.54, 1.807) is 0 Å². The lowest BCUT2D eigenvalue weighted by atomic mass is 9.81. The Morgan fingerprint density at radius 1 is 1.14 bits per heavy atom. The highest BCUT2D eigenvalue weighted by atomic mass is 32.2. The fourth-order valence-corrected chi connectivity index (χ4v) is 5.34. The van der Waals surface area contributed by atoms with Crippen LogP contribution in [-0.2, 0) is 10.0 Å². The van der Waals surface area contributed by atoms with Gasteiger partial charge < -0.3 is 9.64 Å². The van der Waals surface area contributed by atoms with E-state index in [0.717, 1.165) is 37.2 Å². The summed E-state index contributed by atoms with van der Waals surface area (Å²) in [5.74, 6) is 0.765. The van der Waals surface area contributed by atoms with E-state index < -0.39 is 10.0 Å². The second-order valence-electron chi connectivity index (χ2n) is 7.79. The molecule has 2 aromatic rings. The van der Waals surface area contributed by atoms with E-state index in [9.17, 15) is 8.42 Å². The molecule has 1 spiro atoms. The minimum absolute atomic E-state index is 0.164. The number of rotatable bonds is 3. The van der Waals surface area contributed by atoms with Crippen molar-refractivity contribution in [2.24, 2.45) is 0 Å². The molecule has 2 aliphatic heterocycles. The van der Waals surface area contributed by atoms with Gasteiger partial charge in [-0.3, -0.25) is 0 Å². The van der Waals surface area contributed by atoms with Crippen LogP contribution in [0.5, 0.6) is 5.75 Å². The van der Waals surface area contributed by atoms with Crippen molar-refractivity contribution in [2.45, 2.75) is 35.8 Å². The molecule has 28 heavy (non-hydrogen) atoms. The maximum Gasteiger partial charge on any atom is 0.241 e. The molecule has 0 bridgehead atoms. The predicted octanol–water partition coefficient (Wildman–Crippen LogP) is 1.41. The Hall–Kier alpha value is -2.40. The van der Waals surface area contributed by atoms with E-state index in [1.165, 1.54) is 29.2 Å². The van der Waals surface area contributed by atoms with E-state index in [4.69, 9.17) is 10.00 Å². The first-order valence-electron chi connectivity index (χ1n) is 9.53. The molecule has 0 saturated carbocycles. The van der Waals surface area contributed by atoms with Crippen molar-refractivity contribution in [1.82, 2.24) is 4.72 Å². The highest BCUT2D eigenvalue weighted by Gasteiger charge is 2.45. The molecule has 1 fully saturated rings. The molecular formula is C21H24N3O3S+. The van der Waals surface area contributed by atoms with Crippen LogP contribution in [0.25, 0.3) is 0 Å². The summed E-state index contributed by atoms with van der Waals surface area (Å²) in [6.07, 6.45) is 2.43. The Kier molecular flexibility index (Phi) is 4.88. The van der Waals surface area contributed by atoms with Gasteiger partial charge in [0.2, 0.25) is 10.0 Å². The topological polar surface area (TPSA) is 83.6 Å². The molecule has 0 radical (unpaired) electrons. The Morgan fingerprint density at radius 2 is 1.82 bits per heavy atom. The summed E-state index contributed by atoms with van der Waals surface area (Å²) in [5, 5.41) is 8.93. The summed E-state index contributed by atoms with van der Waals surface area (Å²) in [7, 11) is -1.54. The van der Waals surface area contributed by atoms with Gasteiger partial charge in [0.25, 0.3) is 0 Å². The van der Waals surface area contributed by atoms with E-state index in [0.29, 0.717) is 12.0 Å². The summed E-state index contributed by atoms with van der Waals surface area (Å²) in [6.45, 7) is 2.02. The molecule has 6 nitrogen and oxygen atoms in total. The lowest BCUT2D eigenvalue weighted by molar-refractivity contribution is -0.887. The first-order chi connectivity index (χ1) is 13.4. The lowest BCUT2D eigenvalue weighted by Gasteiger charge is -2.45. The van der Waals surface area contributed by atoms with Crippen LogP contribution in [-0.4, -0.2) is 34.2 Å². The third-order valence-electron chi connectivity index (χ3n) is 5.80. The largest absolute Gasteiger partial charge is 0.486 e. The molecule has 0 amide bonds. The molecule has 7 heteroatoms. The van der Waals surface area contributed by atoms with Crippen LogP contribution in [0.2, 0.25) is 0 Å². The Labute approximate surface area is 165 Å². The fraction of sp³-hybridized carbons (Fsp3) is 0.381. The number of hydrogen-bond donors (Lipinski definition) is 2. The number of sulfonamides is 1. The zero-order valence-corrected chi connectivity index (χ0v) is 16.6. The molecule has 2 aromatic carbocycles. The smallest absolute Gasteiger partial charge is 0.241 e. The van der Waals surface area contributed by atoms with Gasteiger partial charge in [-0.2, -0.15) is 5.26 Å². The van der Waals surface area contributed by atoms with Crippen molar-refractivity contribution in [1.29, 1.82) is 5.26 Å². The molecule has 2 aliphatic rings. The molecular weight excluding hydrogens is 374 g/mol. The normalized spacial score (nSPS) is 26.9. The van der Waals surface area contributed by atoms with E-state index in [-0.39, 0.29) is 16.5 Å². The summed E-state index contributed by atoms with van der Waals surface area (Å²) < 4.78 is 35.3. The number of nitriles is 1. The van der Waals surface area contributed by atoms with Crippen LogP contribution in [0.15, 0.2) is 53.4 Å². The van der Waals surface area contributed by atoms with Crippen molar-refractivity contribution in [3.8, 4) is 11.8 Å². The highest BCUT2D eigenvalue weighted by Crippen LogP contribution is 2.43. The number of hydrogen-bond acceptors (Lipinski definition) is 4. The number of nitrogens with zero attached hydrogens (tertiary/aromatic N) is 1. The zero-order valence-electron chi connectivity index (χ0n) is 15.8. The molecule has 4 rings (SSSR count). The number of benzene rings is 2. The van der Waals surface area contributed by atoms with Crippen LogP contribution in [0.4, 0.5) is 0 Å². The quantitative estimate of drug-likeness (QED) is 0.819. The second-order valence-corrected chi connectivity index (χ2v) is 9.51. The molecule has 1 saturated heterocycles. The van der Waals surface area contributed by atoms with Gasteiger partial charge in [0.15, 0.2) is 0 Å². The highest BCUT2D eigenvalue weighted by molar-refractivity contribution is 7.89. The third kappa shape index (κ3) is 3.63. The summed E-state index contributed by atoms with van der Waals surface area (Å²) in [5.41, 5.74) is 0.978. The summed E-state index contributed by atoms with van der Waals surface area (Å²) in [4.78, 5) is 1.64. The van der Waals surface area contributed by atoms with Crippen molar-refractivity contribution >= 4 is 10.0 Å². The standard InChI is InChI=1S/C21H23N3O3S/c1-24-12-10-21(11-13-24)14-19(18-4-2-3-5-20(18)27-21)23-28(25,26)17-8-6-16(15-22)7-9-17/h2-9,19,23H,10-14H2,1H3/p+1/t19-/m0/s1. The van der Waals surface area contributed by atoms with E-state index in [2.05, 4.69) is 11.8 Å². The summed E-state index contributed by atoms with van der Waals surface area (Å²) in [6, 6.07) is 15.3. The summed E-state index contributed by atoms with van der Waals surface area (Å²) >= 11 is 0. The van der Waals surface area contributed by atoms with Gasteiger partial charge in [0.05, 0.1) is 42.7 Å². The Balaban J connectivity index is 1.64. The fourth-order valence-electron chi connectivity index (χ4n) is 4.13. The first-order valence-corrected chi connectivity index (χ1v) is 11.0. The van der Waals surface area contributed by atoms with E-state index in [1.807, 2.05) is 30.3 Å². The van der Waals surface area contributed by atoms with Gasteiger partial charge in [-0.25, -0.2) is 13.1 Å². The van der Waals surface area contributed by atoms with Crippen molar-refractivity contribution in [2.75, 3.05) is 20.1 Å². The minimum Gasteiger partial charge on any atom is -0.486 e. The van der Waals surface area contributed by atoms with Gasteiger partial charge in [-0.1, -0.05) is 18.2 Å². The number of para-hydroxylation sites is 1. The maximum absolute atomic E-state index is 13.0. The van der Waals surface area contributed by atoms with Gasteiger partial charge in [0, 0.05) is 24.8 Å². The molecule has 0 aliphatic carbocycles. The van der Waals surface area contributed by atoms with Crippen LogP contribution in [0.3, 0.4) is 0 Å². The van der Waals surface area contributed by atoms with Crippen LogP contribution in [0.1, 0.15) is 36.4 Å². The van der Waals surface area contributed by atoms with Gasteiger partial charge in [-0.15, -0.1) is 0 Å². The number of fused-ring (bicyclic) bond motifs is 1. The molecule has 2 N–H and O–H groups in total. The Bertz CT molecular complexity index is 1000. The van der Waals surface area contributed by atoms with Gasteiger partial charge >= 0.3 is 0 Å². The van der Waals surface area contributed by atoms with Crippen LogP contribution < -0.4 is 14.4 Å². The first kappa shape index (κ1) is 18.9. The number of nitrogens with one attached hydrogen (secondary N) is 2. The van der Waals surface area contributed by atoms with Crippen LogP contribution in [0, 0.1) is 11.3 Å². The number of piperidine rings is 1. The lowest BCUT2D eigenvalue weighted by Crippen LogP contribution is -3.10. The van der Waals surface area contributed by atoms with Crippen molar-refractivity contribution in [3.63, 3.8) is 0 Å². The van der Waals surface area contributed by atoms with Crippen molar-refractivity contribution in [3.05, 3.63) is 59.7 Å². The molecule has 1 atom stereocenters. The zero-order chi connectivity index (χ0) is 19.8. The minimum atomic E-state index is -3.71. The number of likely N-dealkylation sites (tertiary alicyclic amines) is 1. The number of quaternary nitrogens is 1. The van der Waals surface area contributed by atoms with E-state index >= 15 is 0 Å². The predicted molar refractivity (Wildman–Crippen MR) is 104 cm³/mol. The third-order valence-corrected chi connectivity index (χ3v) is 7.29. The van der Waals surface area contributed by atoms with Crippen LogP contribution >= 0.6 is 0 Å². The van der Waals surface area contributed by atoms with Gasteiger partial charge in [0.1, 0.15) is 11.4 Å². The Morgan fingerprint density at radius 3 is 2.50 bits per heavy atom. The number of ether oxygens (including phenoxy) is 1. The average Bonchev–Trinajstić information content (AvgIpc) is 2.70. The van der Waals surface area contributed by atoms with Crippen molar-refractivity contribution < 1.29 is 18.1 Å².